The zero-order valence-electron chi connectivity index (χ0n) is 34.0. The van der Waals surface area contributed by atoms with Crippen LogP contribution >= 0.6 is 17.1 Å². The molecule has 0 aliphatic carbocycles. The van der Waals surface area contributed by atoms with Crippen molar-refractivity contribution in [2.45, 2.75) is 97.7 Å². The molecule has 0 saturated heterocycles. The van der Waals surface area contributed by atoms with Crippen LogP contribution in [-0.4, -0.2) is 19.2 Å². The van der Waals surface area contributed by atoms with E-state index in [1.807, 2.05) is 61.5 Å². The van der Waals surface area contributed by atoms with Gasteiger partial charge in [0, 0.05) is 10.2 Å². The summed E-state index contributed by atoms with van der Waals surface area (Å²) in [5.74, 6) is 2.45. The monoisotopic (exact) mass is 897 g/mol. The number of nitrogens with two attached hydrogens (primary N) is 1. The average Bonchev–Trinajstić information content (AvgIpc) is 3.56. The molecule has 0 aliphatic heterocycles. The summed E-state index contributed by atoms with van der Waals surface area (Å²) in [6.45, 7) is 13.8. The van der Waals surface area contributed by atoms with Gasteiger partial charge in [0.2, 0.25) is 0 Å². The minimum absolute atomic E-state index is 0.0716. The topological polar surface area (TPSA) is 70.8 Å². The van der Waals surface area contributed by atoms with Gasteiger partial charge >= 0.3 is 33.7 Å². The first kappa shape index (κ1) is 46.1. The van der Waals surface area contributed by atoms with E-state index in [-0.39, 0.29) is 12.0 Å². The van der Waals surface area contributed by atoms with Crippen LogP contribution in [0.15, 0.2) is 110 Å². The molecular formula is C49H59ClNO4PPd. The van der Waals surface area contributed by atoms with Gasteiger partial charge in [-0.05, 0) is 103 Å². The van der Waals surface area contributed by atoms with E-state index in [0.29, 0.717) is 23.8 Å². The Balaban J connectivity index is 0.000000400. The molecule has 1 heterocycles. The summed E-state index contributed by atoms with van der Waals surface area (Å²) >= 11 is 2.22. The van der Waals surface area contributed by atoms with Gasteiger partial charge in [0.15, 0.2) is 0 Å². The molecule has 0 spiro atoms. The van der Waals surface area contributed by atoms with Crippen LogP contribution in [0.5, 0.6) is 17.2 Å². The quantitative estimate of drug-likeness (QED) is 0.0219. The van der Waals surface area contributed by atoms with Crippen LogP contribution in [0.25, 0.3) is 31.8 Å². The molecule has 8 heteroatoms. The van der Waals surface area contributed by atoms with Crippen LogP contribution in [0.1, 0.15) is 107 Å². The Morgan fingerprint density at radius 1 is 0.789 bits per heavy atom. The molecule has 5 nitrogen and oxygen atoms in total. The molecule has 5 aromatic carbocycles. The molecular weight excluding hydrogens is 839 g/mol. The summed E-state index contributed by atoms with van der Waals surface area (Å²) in [7, 11) is 3.94. The van der Waals surface area contributed by atoms with Gasteiger partial charge in [-0.25, -0.2) is 4.79 Å². The Labute approximate surface area is 356 Å². The van der Waals surface area contributed by atoms with Gasteiger partial charge in [0.1, 0.15) is 17.2 Å². The molecule has 0 saturated carbocycles. The fraction of sp³-hybridized carbons (Fsp3) is 0.367. The van der Waals surface area contributed by atoms with Crippen molar-refractivity contribution in [2.24, 2.45) is 11.7 Å². The Hall–Kier alpha value is -3.62. The third-order valence-electron chi connectivity index (χ3n) is 10.2. The van der Waals surface area contributed by atoms with Gasteiger partial charge in [-0.1, -0.05) is 96.6 Å². The molecule has 2 N–H and O–H groups in total. The van der Waals surface area contributed by atoms with Crippen LogP contribution in [-0.2, 0) is 24.3 Å². The van der Waals surface area contributed by atoms with Gasteiger partial charge in [-0.3, -0.25) is 0 Å². The van der Waals surface area contributed by atoms with E-state index < -0.39 is 7.53 Å². The first-order valence-corrected chi connectivity index (χ1v) is 23.9. The van der Waals surface area contributed by atoms with Gasteiger partial charge < -0.3 is 19.9 Å². The van der Waals surface area contributed by atoms with Crippen molar-refractivity contribution in [3.05, 3.63) is 127 Å². The molecule has 0 radical (unpaired) electrons. The van der Waals surface area contributed by atoms with Crippen molar-refractivity contribution in [1.29, 1.82) is 0 Å². The SMILES string of the molecule is C=CCCCCCCCCCOc1ccc(OC(=O)c2ccc3c4ccc(OC[C@@H](C)CC)cc4p(CC)c3c2)cc1.C[C@@H](N)c1c[c-]cc2ccccc12.[Cl][Pd+]. The minimum atomic E-state index is -0.548. The second-order valence-corrected chi connectivity index (χ2v) is 17.0. The summed E-state index contributed by atoms with van der Waals surface area (Å²) in [4.78, 5) is 13.1. The Morgan fingerprint density at radius 3 is 2.11 bits per heavy atom. The number of halogens is 1. The molecule has 0 amide bonds. The number of carbonyl (C=O) groups is 1. The van der Waals surface area contributed by atoms with Crippen molar-refractivity contribution in [1.82, 2.24) is 0 Å². The zero-order chi connectivity index (χ0) is 41.0. The van der Waals surface area contributed by atoms with Crippen molar-refractivity contribution >= 4 is 54.8 Å². The third-order valence-corrected chi connectivity index (χ3v) is 12.8. The molecule has 1 unspecified atom stereocenters. The second-order valence-electron chi connectivity index (χ2n) is 14.5. The fourth-order valence-electron chi connectivity index (χ4n) is 6.78. The maximum absolute atomic E-state index is 13.1. The predicted molar refractivity (Wildman–Crippen MR) is 240 cm³/mol. The molecule has 6 aromatic rings. The molecule has 0 bridgehead atoms. The zero-order valence-corrected chi connectivity index (χ0v) is 37.2. The summed E-state index contributed by atoms with van der Waals surface area (Å²) in [6.07, 6.45) is 13.9. The predicted octanol–water partition coefficient (Wildman–Crippen LogP) is 14.7. The van der Waals surface area contributed by atoms with Crippen molar-refractivity contribution in [3.63, 3.8) is 0 Å². The van der Waals surface area contributed by atoms with Gasteiger partial charge in [0.05, 0.1) is 18.8 Å². The molecule has 1 aromatic heterocycles. The van der Waals surface area contributed by atoms with Crippen LogP contribution in [0.3, 0.4) is 0 Å². The van der Waals surface area contributed by atoms with E-state index in [1.54, 1.807) is 12.1 Å². The number of unbranched alkanes of at least 4 members (excludes halogenated alkanes) is 7. The van der Waals surface area contributed by atoms with Crippen molar-refractivity contribution < 1.29 is 37.2 Å². The van der Waals surface area contributed by atoms with E-state index in [2.05, 4.69) is 97.5 Å². The number of hydrogen-bond acceptors (Lipinski definition) is 5. The number of rotatable bonds is 19. The van der Waals surface area contributed by atoms with E-state index in [1.165, 1.54) is 70.3 Å². The average molecular weight is 899 g/mol. The Bertz CT molecular complexity index is 2130. The number of hydrogen-bond donors (Lipinski definition) is 1. The summed E-state index contributed by atoms with van der Waals surface area (Å²) in [5, 5.41) is 7.49. The Morgan fingerprint density at radius 2 is 1.42 bits per heavy atom. The number of allylic oxidation sites excluding steroid dienone is 1. The number of benzene rings is 5. The fourth-order valence-corrected chi connectivity index (χ4v) is 9.28. The molecule has 0 aliphatic rings. The van der Waals surface area contributed by atoms with Gasteiger partial charge in [-0.15, -0.1) is 36.5 Å². The van der Waals surface area contributed by atoms with E-state index in [9.17, 15) is 4.79 Å². The number of esters is 1. The number of carbonyl (C=O) groups excluding carboxylic acids is 1. The van der Waals surface area contributed by atoms with Gasteiger partial charge in [0.25, 0.3) is 0 Å². The first-order valence-electron chi connectivity index (χ1n) is 20.3. The standard InChI is InChI=1S/C37H47O4P.C12H12N.ClH.Pd/c1-5-8-9-10-11-12-13-14-15-24-39-30-17-19-31(20-18-30)41-37(38)29-16-22-33-34-23-21-32(40-27-28(4)6-2)26-36(34)42(7-3)35(33)25-29;1-9(13)11-8-4-6-10-5-2-3-7-12(10)11;;/h5,16-23,25-26,28H,1,6-15,24,27H2,2-4H3;2-3,5-9H,13H2,1H3;1H;/q;-1;;+2/p-1/t28-,42?;9-;;/m01../s1. The van der Waals surface area contributed by atoms with Crippen LogP contribution in [0.4, 0.5) is 0 Å². The Kier molecular flexibility index (Phi) is 20.2. The van der Waals surface area contributed by atoms with Crippen LogP contribution < -0.4 is 19.9 Å². The summed E-state index contributed by atoms with van der Waals surface area (Å²) in [5.41, 5.74) is 7.61. The maximum atomic E-state index is 13.1. The molecule has 0 fully saturated rings. The summed E-state index contributed by atoms with van der Waals surface area (Å²) < 4.78 is 17.7. The molecule has 306 valence electrons. The van der Waals surface area contributed by atoms with Crippen molar-refractivity contribution in [2.75, 3.05) is 13.2 Å². The third kappa shape index (κ3) is 13.7. The molecule has 3 atom stereocenters. The van der Waals surface area contributed by atoms with Crippen molar-refractivity contribution in [3.8, 4) is 17.2 Å². The number of fused-ring (bicyclic) bond motifs is 4. The van der Waals surface area contributed by atoms with E-state index in [0.717, 1.165) is 49.1 Å². The summed E-state index contributed by atoms with van der Waals surface area (Å²) in [6, 6.07) is 35.2. The second kappa shape index (κ2) is 25.0. The van der Waals surface area contributed by atoms with E-state index >= 15 is 0 Å². The first-order chi connectivity index (χ1) is 27.8. The van der Waals surface area contributed by atoms with E-state index in [4.69, 9.17) is 19.9 Å². The number of aryl methyl sites for hydroxylation is 1. The molecule has 6 rings (SSSR count). The van der Waals surface area contributed by atoms with Crippen LogP contribution in [0.2, 0.25) is 0 Å². The molecule has 57 heavy (non-hydrogen) atoms. The number of ether oxygens (including phenoxy) is 3. The van der Waals surface area contributed by atoms with Crippen LogP contribution in [0, 0.1) is 12.0 Å². The van der Waals surface area contributed by atoms with Gasteiger partial charge in [-0.2, -0.15) is 18.2 Å². The normalized spacial score (nSPS) is 12.2.